The Labute approximate surface area is 133 Å². The van der Waals surface area contributed by atoms with Gasteiger partial charge >= 0.3 is 0 Å². The molecule has 6 nitrogen and oxygen atoms in total. The Balaban J connectivity index is 1.49. The number of hydrogen-bond acceptors (Lipinski definition) is 4. The molecule has 0 bridgehead atoms. The number of carbonyl (C=O) groups is 1. The lowest BCUT2D eigenvalue weighted by Gasteiger charge is -2.18. The normalized spacial score (nSPS) is 15.3. The van der Waals surface area contributed by atoms with Crippen LogP contribution in [0.1, 0.15) is 43.8 Å². The number of aromatic amines is 1. The molecule has 122 valence electrons. The Morgan fingerprint density at radius 3 is 2.74 bits per heavy atom. The summed E-state index contributed by atoms with van der Waals surface area (Å²) in [6.07, 6.45) is 5.90. The number of hydrogen-bond donors (Lipinski definition) is 2. The zero-order valence-electron chi connectivity index (χ0n) is 12.7. The van der Waals surface area contributed by atoms with Gasteiger partial charge < -0.3 is 4.74 Å². The summed E-state index contributed by atoms with van der Waals surface area (Å²) in [4.78, 5) is 16.2. The van der Waals surface area contributed by atoms with E-state index in [1.54, 1.807) is 0 Å². The fraction of sp³-hybridized carbons (Fsp3) is 0.438. The predicted molar refractivity (Wildman–Crippen MR) is 82.7 cm³/mol. The van der Waals surface area contributed by atoms with Crippen LogP contribution in [0.5, 0.6) is 5.75 Å². The Morgan fingerprint density at radius 1 is 1.26 bits per heavy atom. The molecule has 0 saturated heterocycles. The third-order valence-electron chi connectivity index (χ3n) is 3.93. The first-order chi connectivity index (χ1) is 11.2. The molecular formula is C16H19FN4O2. The third-order valence-corrected chi connectivity index (χ3v) is 3.93. The van der Waals surface area contributed by atoms with Gasteiger partial charge in [0, 0.05) is 5.92 Å². The zero-order chi connectivity index (χ0) is 16.1. The van der Waals surface area contributed by atoms with Crippen molar-refractivity contribution in [2.75, 3.05) is 11.9 Å². The molecule has 1 amide bonds. The Kier molecular flexibility index (Phi) is 4.85. The fourth-order valence-corrected chi connectivity index (χ4v) is 2.73. The molecule has 1 fully saturated rings. The number of amides is 1. The SMILES string of the molecule is O=C(COc1ccc(F)cc1)Nc1n[nH]c(C2CCCCC2)n1. The maximum atomic E-state index is 12.8. The molecule has 0 unspecified atom stereocenters. The number of aromatic nitrogens is 3. The monoisotopic (exact) mass is 318 g/mol. The zero-order valence-corrected chi connectivity index (χ0v) is 12.7. The Hall–Kier alpha value is -2.44. The molecule has 0 spiro atoms. The van der Waals surface area contributed by atoms with Crippen LogP contribution in [0.15, 0.2) is 24.3 Å². The molecular weight excluding hydrogens is 299 g/mol. The van der Waals surface area contributed by atoms with Crippen LogP contribution in [0.25, 0.3) is 0 Å². The summed E-state index contributed by atoms with van der Waals surface area (Å²) in [7, 11) is 0. The van der Waals surface area contributed by atoms with Crippen molar-refractivity contribution in [2.24, 2.45) is 0 Å². The molecule has 1 heterocycles. The van der Waals surface area contributed by atoms with Crippen molar-refractivity contribution in [3.63, 3.8) is 0 Å². The van der Waals surface area contributed by atoms with Crippen LogP contribution < -0.4 is 10.1 Å². The lowest BCUT2D eigenvalue weighted by Crippen LogP contribution is -2.21. The quantitative estimate of drug-likeness (QED) is 0.888. The van der Waals surface area contributed by atoms with Crippen LogP contribution in [0, 0.1) is 5.82 Å². The van der Waals surface area contributed by atoms with E-state index in [0.717, 1.165) is 18.7 Å². The van der Waals surface area contributed by atoms with Crippen LogP contribution in [0.4, 0.5) is 10.3 Å². The van der Waals surface area contributed by atoms with Crippen molar-refractivity contribution in [1.29, 1.82) is 0 Å². The smallest absolute Gasteiger partial charge is 0.264 e. The summed E-state index contributed by atoms with van der Waals surface area (Å²) in [6.45, 7) is -0.182. The number of benzene rings is 1. The number of anilines is 1. The first-order valence-electron chi connectivity index (χ1n) is 7.81. The van der Waals surface area contributed by atoms with Crippen molar-refractivity contribution in [2.45, 2.75) is 38.0 Å². The average Bonchev–Trinajstić information content (AvgIpc) is 3.04. The van der Waals surface area contributed by atoms with E-state index in [-0.39, 0.29) is 24.3 Å². The third kappa shape index (κ3) is 4.28. The summed E-state index contributed by atoms with van der Waals surface area (Å²) >= 11 is 0. The second-order valence-corrected chi connectivity index (χ2v) is 5.67. The molecule has 0 aliphatic heterocycles. The molecule has 0 atom stereocenters. The maximum absolute atomic E-state index is 12.8. The van der Waals surface area contributed by atoms with E-state index in [1.807, 2.05) is 0 Å². The second kappa shape index (κ2) is 7.21. The highest BCUT2D eigenvalue weighted by Crippen LogP contribution is 2.30. The highest BCUT2D eigenvalue weighted by molar-refractivity contribution is 5.90. The summed E-state index contributed by atoms with van der Waals surface area (Å²) in [6, 6.07) is 5.49. The average molecular weight is 318 g/mol. The Morgan fingerprint density at radius 2 is 2.00 bits per heavy atom. The van der Waals surface area contributed by atoms with Gasteiger partial charge in [-0.15, -0.1) is 5.10 Å². The number of nitrogens with zero attached hydrogens (tertiary/aromatic N) is 2. The number of halogens is 1. The van der Waals surface area contributed by atoms with Gasteiger partial charge in [0.25, 0.3) is 5.91 Å². The summed E-state index contributed by atoms with van der Waals surface area (Å²) in [5.74, 6) is 1.22. The molecule has 3 rings (SSSR count). The largest absolute Gasteiger partial charge is 0.484 e. The highest BCUT2D eigenvalue weighted by Gasteiger charge is 2.19. The van der Waals surface area contributed by atoms with E-state index in [2.05, 4.69) is 20.5 Å². The van der Waals surface area contributed by atoms with E-state index >= 15 is 0 Å². The summed E-state index contributed by atoms with van der Waals surface area (Å²) in [5, 5.41) is 9.52. The van der Waals surface area contributed by atoms with E-state index in [9.17, 15) is 9.18 Å². The van der Waals surface area contributed by atoms with Gasteiger partial charge in [0.1, 0.15) is 17.4 Å². The standard InChI is InChI=1S/C16H19FN4O2/c17-12-6-8-13(9-7-12)23-10-14(22)18-16-19-15(20-21-16)11-4-2-1-3-5-11/h6-9,11H,1-5,10H2,(H2,18,19,20,21,22). The van der Waals surface area contributed by atoms with Gasteiger partial charge in [-0.25, -0.2) is 4.39 Å². The van der Waals surface area contributed by atoms with Crippen LogP contribution in [0.2, 0.25) is 0 Å². The highest BCUT2D eigenvalue weighted by atomic mass is 19.1. The maximum Gasteiger partial charge on any atom is 0.264 e. The van der Waals surface area contributed by atoms with Crippen LogP contribution in [-0.2, 0) is 4.79 Å². The van der Waals surface area contributed by atoms with E-state index < -0.39 is 0 Å². The minimum atomic E-state index is -0.358. The minimum Gasteiger partial charge on any atom is -0.484 e. The van der Waals surface area contributed by atoms with E-state index in [1.165, 1.54) is 43.5 Å². The number of ether oxygens (including phenoxy) is 1. The molecule has 0 radical (unpaired) electrons. The van der Waals surface area contributed by atoms with E-state index in [0.29, 0.717) is 11.7 Å². The molecule has 1 aliphatic rings. The first-order valence-corrected chi connectivity index (χ1v) is 7.81. The van der Waals surface area contributed by atoms with Gasteiger partial charge in [-0.3, -0.25) is 15.2 Å². The van der Waals surface area contributed by atoms with Gasteiger partial charge in [0.05, 0.1) is 0 Å². The molecule has 2 aromatic rings. The molecule has 1 aromatic carbocycles. The van der Waals surface area contributed by atoms with Gasteiger partial charge in [-0.2, -0.15) is 4.98 Å². The summed E-state index contributed by atoms with van der Waals surface area (Å²) < 4.78 is 18.0. The van der Waals surface area contributed by atoms with Crippen molar-refractivity contribution in [3.8, 4) is 5.75 Å². The number of nitrogens with one attached hydrogen (secondary N) is 2. The van der Waals surface area contributed by atoms with Crippen LogP contribution in [0.3, 0.4) is 0 Å². The van der Waals surface area contributed by atoms with Gasteiger partial charge in [0.2, 0.25) is 5.95 Å². The van der Waals surface area contributed by atoms with E-state index in [4.69, 9.17) is 4.74 Å². The van der Waals surface area contributed by atoms with Crippen LogP contribution >= 0.6 is 0 Å². The Bertz CT molecular complexity index is 650. The van der Waals surface area contributed by atoms with Crippen molar-refractivity contribution in [1.82, 2.24) is 15.2 Å². The minimum absolute atomic E-state index is 0.182. The molecule has 1 saturated carbocycles. The molecule has 23 heavy (non-hydrogen) atoms. The van der Waals surface area contributed by atoms with Crippen LogP contribution in [-0.4, -0.2) is 27.7 Å². The van der Waals surface area contributed by atoms with Gasteiger partial charge in [0.15, 0.2) is 6.61 Å². The molecule has 2 N–H and O–H groups in total. The van der Waals surface area contributed by atoms with Crippen molar-refractivity contribution in [3.05, 3.63) is 35.9 Å². The predicted octanol–water partition coefficient (Wildman–Crippen LogP) is 3.01. The fourth-order valence-electron chi connectivity index (χ4n) is 2.73. The van der Waals surface area contributed by atoms with Gasteiger partial charge in [-0.1, -0.05) is 19.3 Å². The number of H-pyrrole nitrogens is 1. The first kappa shape index (κ1) is 15.5. The number of rotatable bonds is 5. The number of carbonyl (C=O) groups excluding carboxylic acids is 1. The van der Waals surface area contributed by atoms with Crippen molar-refractivity contribution < 1.29 is 13.9 Å². The molecule has 1 aromatic heterocycles. The van der Waals surface area contributed by atoms with Crippen molar-refractivity contribution >= 4 is 11.9 Å². The summed E-state index contributed by atoms with van der Waals surface area (Å²) in [5.41, 5.74) is 0. The topological polar surface area (TPSA) is 79.9 Å². The molecule has 1 aliphatic carbocycles. The second-order valence-electron chi connectivity index (χ2n) is 5.67. The molecule has 7 heteroatoms. The lowest BCUT2D eigenvalue weighted by molar-refractivity contribution is -0.118. The lowest BCUT2D eigenvalue weighted by atomic mass is 9.89. The van der Waals surface area contributed by atoms with Gasteiger partial charge in [-0.05, 0) is 37.1 Å².